The molecule has 29 heavy (non-hydrogen) atoms. The molecule has 0 aliphatic carbocycles. The standard InChI is InChI=1S/C20H27N5O4/c1-21-18(15-19(26)22(2)20(21)27)24-12-4-11-23(13-14-24)10-3-5-16-6-8-17(9-7-16)25(28)29/h6-9,15H,3-5,10-14H2,1-2H3. The van der Waals surface area contributed by atoms with Crippen LogP contribution in [0.15, 0.2) is 39.9 Å². The highest BCUT2D eigenvalue weighted by molar-refractivity contribution is 5.38. The van der Waals surface area contributed by atoms with E-state index in [1.807, 2.05) is 12.1 Å². The van der Waals surface area contributed by atoms with Crippen molar-refractivity contribution in [2.45, 2.75) is 19.3 Å². The Morgan fingerprint density at radius 3 is 2.41 bits per heavy atom. The normalized spacial score (nSPS) is 15.3. The van der Waals surface area contributed by atoms with Gasteiger partial charge in [-0.25, -0.2) is 4.79 Å². The van der Waals surface area contributed by atoms with Gasteiger partial charge < -0.3 is 9.80 Å². The number of hydrogen-bond donors (Lipinski definition) is 0. The second kappa shape index (κ2) is 9.04. The van der Waals surface area contributed by atoms with Crippen molar-refractivity contribution >= 4 is 11.5 Å². The van der Waals surface area contributed by atoms with E-state index < -0.39 is 0 Å². The summed E-state index contributed by atoms with van der Waals surface area (Å²) in [5, 5.41) is 10.7. The highest BCUT2D eigenvalue weighted by Gasteiger charge is 2.18. The lowest BCUT2D eigenvalue weighted by Crippen LogP contribution is -2.41. The molecule has 1 aromatic heterocycles. The minimum absolute atomic E-state index is 0.117. The molecule has 2 aromatic rings. The van der Waals surface area contributed by atoms with E-state index in [1.54, 1.807) is 19.2 Å². The molecule has 9 heteroatoms. The van der Waals surface area contributed by atoms with E-state index in [4.69, 9.17) is 0 Å². The largest absolute Gasteiger partial charge is 0.356 e. The second-order valence-corrected chi connectivity index (χ2v) is 7.45. The van der Waals surface area contributed by atoms with E-state index in [9.17, 15) is 19.7 Å². The van der Waals surface area contributed by atoms with Crippen LogP contribution in [0.4, 0.5) is 11.5 Å². The van der Waals surface area contributed by atoms with Gasteiger partial charge in [0.25, 0.3) is 11.2 Å². The van der Waals surface area contributed by atoms with E-state index in [1.165, 1.54) is 17.7 Å². The minimum atomic E-state index is -0.384. The van der Waals surface area contributed by atoms with E-state index in [0.717, 1.165) is 62.1 Å². The summed E-state index contributed by atoms with van der Waals surface area (Å²) in [5.74, 6) is 0.672. The van der Waals surface area contributed by atoms with Crippen LogP contribution in [0.1, 0.15) is 18.4 Å². The van der Waals surface area contributed by atoms with E-state index in [2.05, 4.69) is 9.80 Å². The fourth-order valence-electron chi connectivity index (χ4n) is 3.74. The molecule has 9 nitrogen and oxygen atoms in total. The van der Waals surface area contributed by atoms with E-state index >= 15 is 0 Å². The monoisotopic (exact) mass is 401 g/mol. The second-order valence-electron chi connectivity index (χ2n) is 7.45. The first-order valence-corrected chi connectivity index (χ1v) is 9.84. The van der Waals surface area contributed by atoms with Gasteiger partial charge in [0.05, 0.1) is 4.92 Å². The first-order chi connectivity index (χ1) is 13.9. The van der Waals surface area contributed by atoms with Crippen LogP contribution in [0.3, 0.4) is 0 Å². The van der Waals surface area contributed by atoms with Crippen LogP contribution in [0.25, 0.3) is 0 Å². The van der Waals surface area contributed by atoms with Crippen molar-refractivity contribution < 1.29 is 4.92 Å². The summed E-state index contributed by atoms with van der Waals surface area (Å²) in [5.41, 5.74) is 0.623. The number of hydrogen-bond acceptors (Lipinski definition) is 6. The summed E-state index contributed by atoms with van der Waals surface area (Å²) in [6, 6.07) is 8.27. The molecule has 0 N–H and O–H groups in total. The van der Waals surface area contributed by atoms with Gasteiger partial charge in [-0.2, -0.15) is 0 Å². The zero-order chi connectivity index (χ0) is 21.0. The number of benzene rings is 1. The lowest BCUT2D eigenvalue weighted by atomic mass is 10.1. The summed E-state index contributed by atoms with van der Waals surface area (Å²) < 4.78 is 2.65. The Balaban J connectivity index is 1.54. The average molecular weight is 401 g/mol. The molecular formula is C20H27N5O4. The molecule has 0 saturated carbocycles. The van der Waals surface area contributed by atoms with Crippen LogP contribution in [-0.4, -0.2) is 51.7 Å². The molecule has 1 saturated heterocycles. The van der Waals surface area contributed by atoms with Gasteiger partial charge in [0.15, 0.2) is 0 Å². The number of non-ortho nitro benzene ring substituents is 1. The molecule has 0 radical (unpaired) electrons. The lowest BCUT2D eigenvalue weighted by Gasteiger charge is -2.25. The first-order valence-electron chi connectivity index (χ1n) is 9.84. The Morgan fingerprint density at radius 2 is 1.72 bits per heavy atom. The molecule has 3 rings (SSSR count). The molecule has 1 aromatic carbocycles. The van der Waals surface area contributed by atoms with Crippen LogP contribution < -0.4 is 16.1 Å². The number of nitro benzene ring substituents is 1. The molecule has 1 aliphatic rings. The number of nitrogens with zero attached hydrogens (tertiary/aromatic N) is 5. The fourth-order valence-corrected chi connectivity index (χ4v) is 3.74. The maximum Gasteiger partial charge on any atom is 0.332 e. The Kier molecular flexibility index (Phi) is 6.48. The van der Waals surface area contributed by atoms with Gasteiger partial charge in [-0.3, -0.25) is 24.0 Å². The molecule has 156 valence electrons. The fraction of sp³-hybridized carbons (Fsp3) is 0.500. The molecule has 0 atom stereocenters. The quantitative estimate of drug-likeness (QED) is 0.532. The molecule has 0 spiro atoms. The molecule has 0 unspecified atom stereocenters. The van der Waals surface area contributed by atoms with Crippen molar-refractivity contribution in [2.24, 2.45) is 14.1 Å². The van der Waals surface area contributed by atoms with Gasteiger partial charge in [-0.05, 0) is 37.9 Å². The third-order valence-corrected chi connectivity index (χ3v) is 5.50. The SMILES string of the molecule is Cn1c(N2CCCN(CCCc3ccc([N+](=O)[O-])cc3)CC2)cc(=O)n(C)c1=O. The molecule has 1 aliphatic heterocycles. The van der Waals surface area contributed by atoms with Gasteiger partial charge in [0.1, 0.15) is 5.82 Å². The smallest absolute Gasteiger partial charge is 0.332 e. The van der Waals surface area contributed by atoms with Crippen molar-refractivity contribution in [3.63, 3.8) is 0 Å². The summed E-state index contributed by atoms with van der Waals surface area (Å²) in [7, 11) is 3.19. The zero-order valence-corrected chi connectivity index (χ0v) is 16.9. The molecule has 0 amide bonds. The number of anilines is 1. The number of aryl methyl sites for hydroxylation is 1. The summed E-state index contributed by atoms with van der Waals surface area (Å²) >= 11 is 0. The first kappa shape index (κ1) is 20.8. The Hall–Kier alpha value is -2.94. The molecule has 2 heterocycles. The van der Waals surface area contributed by atoms with Crippen LogP contribution in [0, 0.1) is 10.1 Å². The van der Waals surface area contributed by atoms with Crippen molar-refractivity contribution in [3.8, 4) is 0 Å². The molecule has 1 fully saturated rings. The van der Waals surface area contributed by atoms with Crippen LogP contribution in [0.5, 0.6) is 0 Å². The minimum Gasteiger partial charge on any atom is -0.356 e. The summed E-state index contributed by atoms with van der Waals surface area (Å²) in [6.45, 7) is 4.34. The van der Waals surface area contributed by atoms with Crippen LogP contribution in [0.2, 0.25) is 0 Å². The van der Waals surface area contributed by atoms with Crippen LogP contribution in [-0.2, 0) is 20.5 Å². The average Bonchev–Trinajstić information content (AvgIpc) is 2.95. The number of nitro groups is 1. The van der Waals surface area contributed by atoms with E-state index in [0.29, 0.717) is 5.82 Å². The highest BCUT2D eigenvalue weighted by Crippen LogP contribution is 2.15. The third kappa shape index (κ3) is 4.92. The van der Waals surface area contributed by atoms with Crippen molar-refractivity contribution in [2.75, 3.05) is 37.6 Å². The van der Waals surface area contributed by atoms with Crippen molar-refractivity contribution in [1.29, 1.82) is 0 Å². The van der Waals surface area contributed by atoms with Gasteiger partial charge >= 0.3 is 5.69 Å². The topological polar surface area (TPSA) is 93.6 Å². The predicted molar refractivity (Wildman–Crippen MR) is 112 cm³/mol. The number of rotatable bonds is 6. The van der Waals surface area contributed by atoms with Gasteiger partial charge in [0, 0.05) is 51.9 Å². The molecular weight excluding hydrogens is 374 g/mol. The summed E-state index contributed by atoms with van der Waals surface area (Å²) in [4.78, 5) is 39.1. The van der Waals surface area contributed by atoms with Crippen molar-refractivity contribution in [1.82, 2.24) is 14.0 Å². The van der Waals surface area contributed by atoms with E-state index in [-0.39, 0.29) is 21.9 Å². The predicted octanol–water partition coefficient (Wildman–Crippen LogP) is 1.14. The van der Waals surface area contributed by atoms with Gasteiger partial charge in [-0.15, -0.1) is 0 Å². The maximum atomic E-state index is 12.2. The highest BCUT2D eigenvalue weighted by atomic mass is 16.6. The Labute approximate surface area is 168 Å². The third-order valence-electron chi connectivity index (χ3n) is 5.50. The lowest BCUT2D eigenvalue weighted by molar-refractivity contribution is -0.384. The molecule has 0 bridgehead atoms. The number of aromatic nitrogens is 2. The Morgan fingerprint density at radius 1 is 1.00 bits per heavy atom. The maximum absolute atomic E-state index is 12.2. The van der Waals surface area contributed by atoms with Crippen molar-refractivity contribution in [3.05, 3.63) is 66.8 Å². The van der Waals surface area contributed by atoms with Gasteiger partial charge in [-0.1, -0.05) is 12.1 Å². The van der Waals surface area contributed by atoms with Gasteiger partial charge in [0.2, 0.25) is 0 Å². The van der Waals surface area contributed by atoms with Crippen LogP contribution >= 0.6 is 0 Å². The Bertz CT molecular complexity index is 980. The zero-order valence-electron chi connectivity index (χ0n) is 16.9. The summed E-state index contributed by atoms with van der Waals surface area (Å²) in [6.07, 6.45) is 2.81.